The number of carbonyl (C=O) groups is 3. The largest absolute Gasteiger partial charge is 0.467 e. The summed E-state index contributed by atoms with van der Waals surface area (Å²) in [4.78, 5) is 37.9. The Hall–Kier alpha value is -2.80. The van der Waals surface area contributed by atoms with E-state index in [1.54, 1.807) is 6.08 Å². The van der Waals surface area contributed by atoms with Gasteiger partial charge in [-0.1, -0.05) is 17.7 Å². The van der Waals surface area contributed by atoms with Gasteiger partial charge >= 0.3 is 5.97 Å². The van der Waals surface area contributed by atoms with Gasteiger partial charge in [-0.2, -0.15) is 0 Å². The number of rotatable bonds is 4. The number of benzene rings is 1. The molecule has 1 fully saturated rings. The summed E-state index contributed by atoms with van der Waals surface area (Å²) in [5.74, 6) is -1.10. The topological polar surface area (TPSA) is 68.6 Å². The maximum absolute atomic E-state index is 12.7. The fraction of sp³-hybridized carbons (Fsp3) is 0.286. The van der Waals surface area contributed by atoms with E-state index in [4.69, 9.17) is 0 Å². The molecule has 0 spiro atoms. The van der Waals surface area contributed by atoms with Gasteiger partial charge in [-0.15, -0.1) is 0 Å². The molecule has 2 heterocycles. The van der Waals surface area contributed by atoms with E-state index in [1.807, 2.05) is 51.1 Å². The Bertz CT molecular complexity index is 989. The highest BCUT2D eigenvalue weighted by Crippen LogP contribution is 2.35. The molecule has 7 heteroatoms. The summed E-state index contributed by atoms with van der Waals surface area (Å²) in [6.45, 7) is 7.49. The molecule has 0 aliphatic carbocycles. The molecule has 2 amide bonds. The molecule has 1 atom stereocenters. The van der Waals surface area contributed by atoms with Crippen LogP contribution in [0.5, 0.6) is 0 Å². The van der Waals surface area contributed by atoms with E-state index in [2.05, 4.69) is 9.30 Å². The van der Waals surface area contributed by atoms with Crippen molar-refractivity contribution in [3.8, 4) is 5.69 Å². The van der Waals surface area contributed by atoms with E-state index >= 15 is 0 Å². The molecule has 0 bridgehead atoms. The van der Waals surface area contributed by atoms with Crippen LogP contribution in [0.3, 0.4) is 0 Å². The zero-order valence-corrected chi connectivity index (χ0v) is 17.3. The zero-order chi connectivity index (χ0) is 20.6. The van der Waals surface area contributed by atoms with Crippen LogP contribution in [0.2, 0.25) is 0 Å². The first-order valence-electron chi connectivity index (χ1n) is 8.85. The minimum Gasteiger partial charge on any atom is -0.467 e. The summed E-state index contributed by atoms with van der Waals surface area (Å²) in [7, 11) is 1.23. The van der Waals surface area contributed by atoms with E-state index in [-0.39, 0.29) is 0 Å². The fourth-order valence-corrected chi connectivity index (χ4v) is 4.15. The average molecular weight is 398 g/mol. The lowest BCUT2D eigenvalue weighted by Gasteiger charge is -2.18. The number of thioether (sulfide) groups is 1. The van der Waals surface area contributed by atoms with Crippen molar-refractivity contribution in [2.45, 2.75) is 33.7 Å². The van der Waals surface area contributed by atoms with E-state index < -0.39 is 23.2 Å². The molecule has 28 heavy (non-hydrogen) atoms. The SMILES string of the molecule is COC(=O)[C@H](C)N1C(=O)S/C(=C\c2cc(C)n(-c3ccc(C)cc3)c2C)C1=O. The summed E-state index contributed by atoms with van der Waals surface area (Å²) in [5.41, 5.74) is 5.06. The Balaban J connectivity index is 1.95. The molecular weight excluding hydrogens is 376 g/mol. The number of esters is 1. The van der Waals surface area contributed by atoms with Crippen LogP contribution >= 0.6 is 11.8 Å². The van der Waals surface area contributed by atoms with Crippen LogP contribution in [0.25, 0.3) is 11.8 Å². The Kier molecular flexibility index (Phi) is 5.47. The molecule has 0 radical (unpaired) electrons. The van der Waals surface area contributed by atoms with Gasteiger partial charge in [-0.05, 0) is 69.3 Å². The van der Waals surface area contributed by atoms with Gasteiger partial charge in [0.1, 0.15) is 6.04 Å². The molecule has 1 aromatic carbocycles. The number of amides is 2. The van der Waals surface area contributed by atoms with Crippen molar-refractivity contribution in [2.24, 2.45) is 0 Å². The maximum atomic E-state index is 12.7. The maximum Gasteiger partial charge on any atom is 0.328 e. The monoisotopic (exact) mass is 398 g/mol. The lowest BCUT2D eigenvalue weighted by molar-refractivity contribution is -0.148. The second-order valence-electron chi connectivity index (χ2n) is 6.75. The van der Waals surface area contributed by atoms with Gasteiger partial charge in [0.2, 0.25) is 0 Å². The highest BCUT2D eigenvalue weighted by atomic mass is 32.2. The Morgan fingerprint density at radius 1 is 1.14 bits per heavy atom. The van der Waals surface area contributed by atoms with Crippen LogP contribution in [-0.2, 0) is 14.3 Å². The van der Waals surface area contributed by atoms with Crippen molar-refractivity contribution in [3.05, 3.63) is 57.8 Å². The first-order valence-corrected chi connectivity index (χ1v) is 9.67. The molecule has 0 unspecified atom stereocenters. The van der Waals surface area contributed by atoms with Crippen molar-refractivity contribution < 1.29 is 19.1 Å². The van der Waals surface area contributed by atoms with Gasteiger partial charge in [0.05, 0.1) is 12.0 Å². The number of imide groups is 1. The van der Waals surface area contributed by atoms with Gasteiger partial charge in [0.25, 0.3) is 11.1 Å². The summed E-state index contributed by atoms with van der Waals surface area (Å²) in [6.07, 6.45) is 1.71. The highest BCUT2D eigenvalue weighted by molar-refractivity contribution is 8.18. The lowest BCUT2D eigenvalue weighted by Crippen LogP contribution is -2.42. The van der Waals surface area contributed by atoms with E-state index in [0.29, 0.717) is 4.91 Å². The molecular formula is C21H22N2O4S. The summed E-state index contributed by atoms with van der Waals surface area (Å²) < 4.78 is 6.76. The number of methoxy groups -OCH3 is 1. The van der Waals surface area contributed by atoms with Crippen LogP contribution in [0.4, 0.5) is 4.79 Å². The predicted molar refractivity (Wildman–Crippen MR) is 109 cm³/mol. The molecule has 1 aliphatic rings. The molecule has 0 saturated carbocycles. The van der Waals surface area contributed by atoms with Crippen LogP contribution in [0, 0.1) is 20.8 Å². The zero-order valence-electron chi connectivity index (χ0n) is 16.5. The van der Waals surface area contributed by atoms with Crippen LogP contribution in [0.1, 0.15) is 29.4 Å². The van der Waals surface area contributed by atoms with Crippen molar-refractivity contribution in [1.82, 2.24) is 9.47 Å². The molecule has 6 nitrogen and oxygen atoms in total. The van der Waals surface area contributed by atoms with Gasteiger partial charge in [0, 0.05) is 17.1 Å². The van der Waals surface area contributed by atoms with Crippen LogP contribution in [-0.4, -0.2) is 39.7 Å². The number of aryl methyl sites for hydroxylation is 2. The summed E-state index contributed by atoms with van der Waals surface area (Å²) in [5, 5.41) is -0.471. The molecule has 2 aromatic rings. The van der Waals surface area contributed by atoms with Crippen molar-refractivity contribution >= 4 is 35.0 Å². The number of carbonyl (C=O) groups excluding carboxylic acids is 3. The first-order chi connectivity index (χ1) is 13.2. The number of aromatic nitrogens is 1. The van der Waals surface area contributed by atoms with Gasteiger partial charge in [-0.25, -0.2) is 4.79 Å². The third kappa shape index (κ3) is 3.49. The standard InChI is InChI=1S/C21H22N2O4S/c1-12-6-8-17(9-7-12)22-13(2)10-16(14(22)3)11-18-19(24)23(21(26)28-18)15(4)20(25)27-5/h6-11,15H,1-5H3/b18-11-/t15-/m0/s1. The second kappa shape index (κ2) is 7.67. The van der Waals surface area contributed by atoms with Gasteiger partial charge in [0.15, 0.2) is 0 Å². The number of hydrogen-bond donors (Lipinski definition) is 0. The lowest BCUT2D eigenvalue weighted by atomic mass is 10.2. The first kappa shape index (κ1) is 19.9. The average Bonchev–Trinajstić information content (AvgIpc) is 3.10. The Morgan fingerprint density at radius 2 is 1.79 bits per heavy atom. The molecule has 3 rings (SSSR count). The van der Waals surface area contributed by atoms with Crippen molar-refractivity contribution in [2.75, 3.05) is 7.11 Å². The third-order valence-electron chi connectivity index (χ3n) is 4.80. The third-order valence-corrected chi connectivity index (χ3v) is 5.69. The summed E-state index contributed by atoms with van der Waals surface area (Å²) >= 11 is 0.836. The minimum atomic E-state index is -0.955. The molecule has 1 aromatic heterocycles. The molecule has 0 N–H and O–H groups in total. The molecule has 146 valence electrons. The predicted octanol–water partition coefficient (Wildman–Crippen LogP) is 4.00. The molecule has 1 saturated heterocycles. The smallest absolute Gasteiger partial charge is 0.328 e. The van der Waals surface area contributed by atoms with Crippen molar-refractivity contribution in [1.29, 1.82) is 0 Å². The number of ether oxygens (including phenoxy) is 1. The normalized spacial score (nSPS) is 16.8. The van der Waals surface area contributed by atoms with E-state index in [0.717, 1.165) is 39.3 Å². The van der Waals surface area contributed by atoms with Crippen LogP contribution in [0.15, 0.2) is 35.2 Å². The van der Waals surface area contributed by atoms with Gasteiger partial charge in [-0.3, -0.25) is 14.5 Å². The fourth-order valence-electron chi connectivity index (χ4n) is 3.26. The van der Waals surface area contributed by atoms with Crippen molar-refractivity contribution in [3.63, 3.8) is 0 Å². The number of hydrogen-bond acceptors (Lipinski definition) is 5. The highest BCUT2D eigenvalue weighted by Gasteiger charge is 2.41. The minimum absolute atomic E-state index is 0.296. The number of nitrogens with zero attached hydrogens (tertiary/aromatic N) is 2. The second-order valence-corrected chi connectivity index (χ2v) is 7.74. The molecule has 1 aliphatic heterocycles. The van der Waals surface area contributed by atoms with Gasteiger partial charge < -0.3 is 9.30 Å². The quantitative estimate of drug-likeness (QED) is 0.575. The Morgan fingerprint density at radius 3 is 2.39 bits per heavy atom. The van der Waals surface area contributed by atoms with Crippen LogP contribution < -0.4 is 0 Å². The Labute approximate surface area is 168 Å². The van der Waals surface area contributed by atoms with E-state index in [1.165, 1.54) is 19.6 Å². The summed E-state index contributed by atoms with van der Waals surface area (Å²) in [6, 6.07) is 9.22. The van der Waals surface area contributed by atoms with E-state index in [9.17, 15) is 14.4 Å².